The maximum Gasteiger partial charge on any atom is 0.229 e. The number of carbonyl (C=O) groups excluding carboxylic acids is 1. The molecule has 0 atom stereocenters. The molecule has 1 aliphatic heterocycles. The Hall–Kier alpha value is -0.610. The molecule has 4 heteroatoms. The number of hydrogen-bond acceptors (Lipinski definition) is 3. The molecule has 0 aromatic carbocycles. The summed E-state index contributed by atoms with van der Waals surface area (Å²) in [4.78, 5) is 17.3. The summed E-state index contributed by atoms with van der Waals surface area (Å²) in [6.45, 7) is 15.4. The molecule has 0 spiro atoms. The first-order chi connectivity index (χ1) is 10.0. The van der Waals surface area contributed by atoms with Crippen LogP contribution >= 0.6 is 0 Å². The van der Waals surface area contributed by atoms with Crippen LogP contribution in [0.5, 0.6) is 0 Å². The molecule has 4 nitrogen and oxygen atoms in total. The van der Waals surface area contributed by atoms with Gasteiger partial charge in [-0.3, -0.25) is 4.79 Å². The van der Waals surface area contributed by atoms with Gasteiger partial charge in [-0.1, -0.05) is 26.7 Å². The summed E-state index contributed by atoms with van der Waals surface area (Å²) in [7, 11) is 0. The molecule has 1 saturated heterocycles. The first kappa shape index (κ1) is 18.4. The number of amides is 1. The van der Waals surface area contributed by atoms with Crippen LogP contribution < -0.4 is 5.32 Å². The van der Waals surface area contributed by atoms with E-state index in [0.29, 0.717) is 5.91 Å². The van der Waals surface area contributed by atoms with Crippen molar-refractivity contribution in [3.05, 3.63) is 0 Å². The zero-order chi connectivity index (χ0) is 15.7. The van der Waals surface area contributed by atoms with Gasteiger partial charge >= 0.3 is 0 Å². The van der Waals surface area contributed by atoms with Gasteiger partial charge in [0.25, 0.3) is 0 Å². The number of carbonyl (C=O) groups is 1. The number of unbranched alkanes of at least 4 members (excludes halogenated alkanes) is 2. The van der Waals surface area contributed by atoms with Gasteiger partial charge in [-0.2, -0.15) is 0 Å². The maximum atomic E-state index is 12.8. The lowest BCUT2D eigenvalue weighted by Crippen LogP contribution is -2.53. The van der Waals surface area contributed by atoms with Gasteiger partial charge in [0.1, 0.15) is 0 Å². The van der Waals surface area contributed by atoms with Crippen molar-refractivity contribution in [2.75, 3.05) is 45.8 Å². The molecule has 0 aliphatic carbocycles. The monoisotopic (exact) mass is 297 g/mol. The summed E-state index contributed by atoms with van der Waals surface area (Å²) < 4.78 is 0. The maximum absolute atomic E-state index is 12.8. The van der Waals surface area contributed by atoms with Crippen molar-refractivity contribution in [1.29, 1.82) is 0 Å². The molecule has 1 heterocycles. The first-order valence-electron chi connectivity index (χ1n) is 8.73. The van der Waals surface area contributed by atoms with Crippen molar-refractivity contribution in [2.24, 2.45) is 5.41 Å². The molecule has 1 N–H and O–H groups in total. The average molecular weight is 297 g/mol. The van der Waals surface area contributed by atoms with Gasteiger partial charge in [-0.25, -0.2) is 0 Å². The fourth-order valence-corrected chi connectivity index (χ4v) is 2.96. The lowest BCUT2D eigenvalue weighted by atomic mass is 9.90. The first-order valence-corrected chi connectivity index (χ1v) is 8.73. The van der Waals surface area contributed by atoms with Crippen LogP contribution in [0, 0.1) is 5.41 Å². The Kier molecular flexibility index (Phi) is 8.27. The van der Waals surface area contributed by atoms with E-state index in [0.717, 1.165) is 45.8 Å². The summed E-state index contributed by atoms with van der Waals surface area (Å²) in [6, 6.07) is 0. The highest BCUT2D eigenvalue weighted by atomic mass is 16.2. The van der Waals surface area contributed by atoms with Crippen LogP contribution in [0.3, 0.4) is 0 Å². The summed E-state index contributed by atoms with van der Waals surface area (Å²) in [6.07, 6.45) is 4.88. The topological polar surface area (TPSA) is 35.6 Å². The van der Waals surface area contributed by atoms with Crippen LogP contribution in [0.1, 0.15) is 53.4 Å². The van der Waals surface area contributed by atoms with E-state index < -0.39 is 0 Å². The van der Waals surface area contributed by atoms with Crippen molar-refractivity contribution in [3.63, 3.8) is 0 Å². The fraction of sp³-hybridized carbons (Fsp3) is 0.941. The molecule has 1 rings (SSSR count). The van der Waals surface area contributed by atoms with Crippen LogP contribution in [0.15, 0.2) is 0 Å². The summed E-state index contributed by atoms with van der Waals surface area (Å²) in [5, 5.41) is 3.31. The van der Waals surface area contributed by atoms with Crippen molar-refractivity contribution >= 4 is 5.91 Å². The molecule has 21 heavy (non-hydrogen) atoms. The quantitative estimate of drug-likeness (QED) is 0.709. The molecule has 0 saturated carbocycles. The lowest BCUT2D eigenvalue weighted by molar-refractivity contribution is -0.142. The smallest absolute Gasteiger partial charge is 0.229 e. The Bertz CT molecular complexity index is 290. The summed E-state index contributed by atoms with van der Waals surface area (Å²) in [5.74, 6) is 0.321. The standard InChI is InChI=1S/C17H35N3O/c1-5-7-11-19(12-8-6-2)15-17(3,4)16(21)20-13-9-18-10-14-20/h18H,5-15H2,1-4H3. The molecule has 0 radical (unpaired) electrons. The average Bonchev–Trinajstić information content (AvgIpc) is 2.49. The normalized spacial score (nSPS) is 16.5. The van der Waals surface area contributed by atoms with E-state index in [9.17, 15) is 4.79 Å². The fourth-order valence-electron chi connectivity index (χ4n) is 2.96. The minimum Gasteiger partial charge on any atom is -0.340 e. The molecule has 0 aromatic heterocycles. The van der Waals surface area contributed by atoms with Crippen molar-refractivity contribution in [2.45, 2.75) is 53.4 Å². The van der Waals surface area contributed by atoms with Crippen molar-refractivity contribution in [3.8, 4) is 0 Å². The Balaban J connectivity index is 2.57. The van der Waals surface area contributed by atoms with E-state index in [4.69, 9.17) is 0 Å². The van der Waals surface area contributed by atoms with Gasteiger partial charge in [0.2, 0.25) is 5.91 Å². The molecule has 0 aromatic rings. The van der Waals surface area contributed by atoms with E-state index in [1.54, 1.807) is 0 Å². The highest BCUT2D eigenvalue weighted by molar-refractivity contribution is 5.82. The van der Waals surface area contributed by atoms with Gasteiger partial charge in [-0.05, 0) is 39.8 Å². The molecule has 1 fully saturated rings. The second-order valence-corrected chi connectivity index (χ2v) is 6.91. The molecule has 1 amide bonds. The van der Waals surface area contributed by atoms with E-state index in [2.05, 4.69) is 37.9 Å². The second kappa shape index (κ2) is 9.42. The van der Waals surface area contributed by atoms with E-state index in [1.165, 1.54) is 25.7 Å². The molecule has 1 aliphatic rings. The van der Waals surface area contributed by atoms with Crippen LogP contribution in [-0.2, 0) is 4.79 Å². The molecule has 124 valence electrons. The molecular weight excluding hydrogens is 262 g/mol. The van der Waals surface area contributed by atoms with Gasteiger partial charge in [-0.15, -0.1) is 0 Å². The number of nitrogens with one attached hydrogen (secondary N) is 1. The van der Waals surface area contributed by atoms with E-state index in [1.807, 2.05) is 4.90 Å². The third kappa shape index (κ3) is 6.35. The number of rotatable bonds is 9. The van der Waals surface area contributed by atoms with Gasteiger partial charge in [0, 0.05) is 32.7 Å². The molecule has 0 unspecified atom stereocenters. The minimum absolute atomic E-state index is 0.279. The van der Waals surface area contributed by atoms with E-state index in [-0.39, 0.29) is 5.41 Å². The predicted octanol–water partition coefficient (Wildman–Crippen LogP) is 2.35. The lowest BCUT2D eigenvalue weighted by Gasteiger charge is -2.37. The number of hydrogen-bond donors (Lipinski definition) is 1. The summed E-state index contributed by atoms with van der Waals surface area (Å²) in [5.41, 5.74) is -0.279. The third-order valence-electron chi connectivity index (χ3n) is 4.26. The molecule has 0 bridgehead atoms. The summed E-state index contributed by atoms with van der Waals surface area (Å²) >= 11 is 0. The van der Waals surface area contributed by atoms with Gasteiger partial charge < -0.3 is 15.1 Å². The predicted molar refractivity (Wildman–Crippen MR) is 89.5 cm³/mol. The zero-order valence-corrected chi connectivity index (χ0v) is 14.6. The van der Waals surface area contributed by atoms with Gasteiger partial charge in [0.15, 0.2) is 0 Å². The van der Waals surface area contributed by atoms with E-state index >= 15 is 0 Å². The Labute approximate surface area is 131 Å². The Morgan fingerprint density at radius 2 is 1.62 bits per heavy atom. The van der Waals surface area contributed by atoms with Crippen LogP contribution in [0.4, 0.5) is 0 Å². The van der Waals surface area contributed by atoms with Gasteiger partial charge in [0.05, 0.1) is 5.41 Å². The van der Waals surface area contributed by atoms with Crippen molar-refractivity contribution in [1.82, 2.24) is 15.1 Å². The molecular formula is C17H35N3O. The van der Waals surface area contributed by atoms with Crippen molar-refractivity contribution < 1.29 is 4.79 Å². The number of nitrogens with zero attached hydrogens (tertiary/aromatic N) is 2. The van der Waals surface area contributed by atoms with Crippen LogP contribution in [0.2, 0.25) is 0 Å². The number of piperazine rings is 1. The highest BCUT2D eigenvalue weighted by Gasteiger charge is 2.34. The SMILES string of the molecule is CCCCN(CCCC)CC(C)(C)C(=O)N1CCNCC1. The minimum atomic E-state index is -0.279. The highest BCUT2D eigenvalue weighted by Crippen LogP contribution is 2.22. The zero-order valence-electron chi connectivity index (χ0n) is 14.6. The second-order valence-electron chi connectivity index (χ2n) is 6.91. The third-order valence-corrected chi connectivity index (χ3v) is 4.26. The Morgan fingerprint density at radius 3 is 2.10 bits per heavy atom. The van der Waals surface area contributed by atoms with Crippen LogP contribution in [0.25, 0.3) is 0 Å². The Morgan fingerprint density at radius 1 is 1.10 bits per heavy atom. The largest absolute Gasteiger partial charge is 0.340 e. The van der Waals surface area contributed by atoms with Crippen LogP contribution in [-0.4, -0.2) is 61.5 Å².